The van der Waals surface area contributed by atoms with Crippen LogP contribution in [0.2, 0.25) is 5.02 Å². The maximum absolute atomic E-state index is 10.4. The van der Waals surface area contributed by atoms with Gasteiger partial charge >= 0.3 is 0 Å². The summed E-state index contributed by atoms with van der Waals surface area (Å²) in [6, 6.07) is 13.5. The molecule has 1 aliphatic heterocycles. The summed E-state index contributed by atoms with van der Waals surface area (Å²) < 4.78 is 0. The first kappa shape index (κ1) is 15.7. The number of aliphatic hydroxyl groups excluding tert-OH is 1. The number of nitrogens with one attached hydrogen (secondary N) is 2. The minimum atomic E-state index is 0.146. The highest BCUT2D eigenvalue weighted by Gasteiger charge is 2.30. The number of rotatable bonds is 3. The molecule has 2 aromatic carbocycles. The van der Waals surface area contributed by atoms with Gasteiger partial charge in [-0.15, -0.1) is 0 Å². The third-order valence-corrected chi connectivity index (χ3v) is 4.74. The minimum Gasteiger partial charge on any atom is -0.510 e. The monoisotopic (exact) mass is 352 g/mol. The number of fused-ring (bicyclic) bond motifs is 1. The quantitative estimate of drug-likeness (QED) is 0.658. The highest BCUT2D eigenvalue weighted by molar-refractivity contribution is 6.31. The third-order valence-electron chi connectivity index (χ3n) is 4.38. The molecule has 126 valence electrons. The third kappa shape index (κ3) is 2.76. The molecule has 1 aliphatic rings. The van der Waals surface area contributed by atoms with Gasteiger partial charge in [0.1, 0.15) is 17.4 Å². The Bertz CT molecular complexity index is 1020. The number of benzene rings is 2. The Kier molecular flexibility index (Phi) is 3.73. The van der Waals surface area contributed by atoms with E-state index in [1.54, 1.807) is 4.90 Å². The van der Waals surface area contributed by atoms with E-state index in [1.165, 1.54) is 0 Å². The predicted octanol–water partition coefficient (Wildman–Crippen LogP) is 4.29. The molecule has 0 unspecified atom stereocenters. The Morgan fingerprint density at radius 3 is 2.88 bits per heavy atom. The van der Waals surface area contributed by atoms with Gasteiger partial charge in [-0.05, 0) is 36.2 Å². The van der Waals surface area contributed by atoms with E-state index in [4.69, 9.17) is 17.0 Å². The van der Waals surface area contributed by atoms with Crippen molar-refractivity contribution in [1.29, 1.82) is 5.41 Å². The van der Waals surface area contributed by atoms with E-state index in [0.717, 1.165) is 22.2 Å². The molecule has 0 bridgehead atoms. The molecule has 3 N–H and O–H groups in total. The van der Waals surface area contributed by atoms with Gasteiger partial charge < -0.3 is 15.0 Å². The van der Waals surface area contributed by atoms with Gasteiger partial charge in [0.25, 0.3) is 0 Å². The molecule has 1 aromatic heterocycles. The van der Waals surface area contributed by atoms with Gasteiger partial charge in [0.2, 0.25) is 0 Å². The molecule has 0 saturated carbocycles. The summed E-state index contributed by atoms with van der Waals surface area (Å²) in [5, 5.41) is 19.5. The summed E-state index contributed by atoms with van der Waals surface area (Å²) in [7, 11) is 0. The number of hydrogen-bond donors (Lipinski definition) is 3. The minimum absolute atomic E-state index is 0.146. The molecule has 0 radical (unpaired) electrons. The molecule has 0 saturated heterocycles. The lowest BCUT2D eigenvalue weighted by Crippen LogP contribution is -2.26. The van der Waals surface area contributed by atoms with Crippen LogP contribution in [0, 0.1) is 12.3 Å². The summed E-state index contributed by atoms with van der Waals surface area (Å²) in [4.78, 5) is 9.52. The number of halogens is 1. The summed E-state index contributed by atoms with van der Waals surface area (Å²) in [5.74, 6) is 0.908. The van der Waals surface area contributed by atoms with E-state index in [0.29, 0.717) is 23.0 Å². The largest absolute Gasteiger partial charge is 0.510 e. The summed E-state index contributed by atoms with van der Waals surface area (Å²) >= 11 is 6.22. The Hall–Kier alpha value is -2.79. The van der Waals surface area contributed by atoms with Crippen LogP contribution in [0.3, 0.4) is 0 Å². The average Bonchev–Trinajstić information content (AvgIpc) is 3.10. The van der Waals surface area contributed by atoms with Crippen molar-refractivity contribution in [3.05, 3.63) is 70.2 Å². The van der Waals surface area contributed by atoms with Crippen molar-refractivity contribution in [2.24, 2.45) is 0 Å². The second-order valence-corrected chi connectivity index (χ2v) is 6.63. The van der Waals surface area contributed by atoms with Gasteiger partial charge in [0.15, 0.2) is 0 Å². The van der Waals surface area contributed by atoms with Crippen LogP contribution in [0.5, 0.6) is 0 Å². The normalized spacial score (nSPS) is 14.8. The smallest absolute Gasteiger partial charge is 0.145 e. The maximum Gasteiger partial charge on any atom is 0.145 e. The number of aliphatic hydroxyl groups is 1. The van der Waals surface area contributed by atoms with E-state index in [9.17, 15) is 5.11 Å². The number of aryl methyl sites for hydroxylation is 1. The van der Waals surface area contributed by atoms with Crippen molar-refractivity contribution in [3.8, 4) is 0 Å². The van der Waals surface area contributed by atoms with Crippen LogP contribution in [-0.4, -0.2) is 32.4 Å². The second kappa shape index (κ2) is 5.93. The first-order chi connectivity index (χ1) is 12.0. The molecule has 0 spiro atoms. The highest BCUT2D eigenvalue weighted by atomic mass is 35.5. The predicted molar refractivity (Wildman–Crippen MR) is 100.0 cm³/mol. The Morgan fingerprint density at radius 1 is 1.28 bits per heavy atom. The SMILES string of the molecule is Cc1ccc2nc(C3=C(O)CN(Cc4ccccc4Cl)C3=N)[nH]c2c1. The number of imidazole rings is 1. The number of aromatic amines is 1. The molecular weight excluding hydrogens is 336 g/mol. The van der Waals surface area contributed by atoms with Crippen molar-refractivity contribution in [3.63, 3.8) is 0 Å². The number of H-pyrrole nitrogens is 1. The van der Waals surface area contributed by atoms with Crippen LogP contribution in [0.15, 0.2) is 48.2 Å². The lowest BCUT2D eigenvalue weighted by molar-refractivity contribution is 0.347. The molecule has 0 fully saturated rings. The molecule has 6 heteroatoms. The zero-order valence-corrected chi connectivity index (χ0v) is 14.4. The summed E-state index contributed by atoms with van der Waals surface area (Å²) in [6.07, 6.45) is 0. The summed E-state index contributed by atoms with van der Waals surface area (Å²) in [6.45, 7) is 2.75. The zero-order chi connectivity index (χ0) is 17.6. The molecule has 3 aromatic rings. The first-order valence-corrected chi connectivity index (χ1v) is 8.37. The van der Waals surface area contributed by atoms with Gasteiger partial charge in [-0.3, -0.25) is 5.41 Å². The van der Waals surface area contributed by atoms with E-state index < -0.39 is 0 Å². The van der Waals surface area contributed by atoms with Crippen LogP contribution in [-0.2, 0) is 6.54 Å². The van der Waals surface area contributed by atoms with Crippen LogP contribution in [0.4, 0.5) is 0 Å². The Labute approximate surface area is 150 Å². The van der Waals surface area contributed by atoms with E-state index >= 15 is 0 Å². The van der Waals surface area contributed by atoms with E-state index in [2.05, 4.69) is 9.97 Å². The van der Waals surface area contributed by atoms with Gasteiger partial charge in [0.05, 0.1) is 23.2 Å². The fourth-order valence-corrected chi connectivity index (χ4v) is 3.29. The van der Waals surface area contributed by atoms with E-state index in [1.807, 2.05) is 49.4 Å². The lowest BCUT2D eigenvalue weighted by atomic mass is 10.2. The Morgan fingerprint density at radius 2 is 2.08 bits per heavy atom. The van der Waals surface area contributed by atoms with Crippen LogP contribution in [0.1, 0.15) is 17.0 Å². The van der Waals surface area contributed by atoms with Crippen molar-refractivity contribution in [2.45, 2.75) is 13.5 Å². The van der Waals surface area contributed by atoms with Crippen molar-refractivity contribution in [2.75, 3.05) is 6.54 Å². The van der Waals surface area contributed by atoms with Crippen molar-refractivity contribution in [1.82, 2.24) is 14.9 Å². The molecule has 0 amide bonds. The highest BCUT2D eigenvalue weighted by Crippen LogP contribution is 2.29. The summed E-state index contributed by atoms with van der Waals surface area (Å²) in [5.41, 5.74) is 4.21. The number of hydrogen-bond acceptors (Lipinski definition) is 3. The lowest BCUT2D eigenvalue weighted by Gasteiger charge is -2.19. The fraction of sp³-hybridized carbons (Fsp3) is 0.158. The molecule has 4 rings (SSSR count). The van der Waals surface area contributed by atoms with E-state index in [-0.39, 0.29) is 18.1 Å². The standard InChI is InChI=1S/C19H17ClN4O/c1-11-6-7-14-15(8-11)23-19(22-14)17-16(25)10-24(18(17)21)9-12-4-2-3-5-13(12)20/h2-8,21,25H,9-10H2,1H3,(H,22,23). The molecule has 5 nitrogen and oxygen atoms in total. The Balaban J connectivity index is 1.65. The molecular formula is C19H17ClN4O. The number of nitrogens with zero attached hydrogens (tertiary/aromatic N) is 2. The van der Waals surface area contributed by atoms with Crippen molar-refractivity contribution >= 4 is 34.0 Å². The molecule has 0 aliphatic carbocycles. The second-order valence-electron chi connectivity index (χ2n) is 6.22. The molecule has 2 heterocycles. The van der Waals surface area contributed by atoms with Gasteiger partial charge in [-0.25, -0.2) is 4.98 Å². The van der Waals surface area contributed by atoms with Crippen LogP contribution < -0.4 is 0 Å². The van der Waals surface area contributed by atoms with Gasteiger partial charge in [-0.1, -0.05) is 35.9 Å². The van der Waals surface area contributed by atoms with Gasteiger partial charge in [-0.2, -0.15) is 0 Å². The first-order valence-electron chi connectivity index (χ1n) is 7.99. The topological polar surface area (TPSA) is 76.0 Å². The van der Waals surface area contributed by atoms with Gasteiger partial charge in [0, 0.05) is 11.6 Å². The molecule has 0 atom stereocenters. The molecule has 25 heavy (non-hydrogen) atoms. The van der Waals surface area contributed by atoms with Crippen molar-refractivity contribution < 1.29 is 5.11 Å². The average molecular weight is 353 g/mol. The van der Waals surface area contributed by atoms with Crippen LogP contribution in [0.25, 0.3) is 16.6 Å². The number of amidine groups is 1. The fourth-order valence-electron chi connectivity index (χ4n) is 3.09. The maximum atomic E-state index is 10.4. The number of aromatic nitrogens is 2. The van der Waals surface area contributed by atoms with Crippen LogP contribution >= 0.6 is 11.6 Å². The zero-order valence-electron chi connectivity index (χ0n) is 13.7.